The Kier molecular flexibility index (Phi) is 5.35. The average Bonchev–Trinajstić information content (AvgIpc) is 3.18. The number of ketones is 2. The van der Waals surface area contributed by atoms with E-state index in [0.717, 1.165) is 0 Å². The summed E-state index contributed by atoms with van der Waals surface area (Å²) in [7, 11) is 3.05. The van der Waals surface area contributed by atoms with Crippen LogP contribution in [0.3, 0.4) is 0 Å². The van der Waals surface area contributed by atoms with E-state index in [4.69, 9.17) is 18.9 Å². The lowest BCUT2D eigenvalue weighted by molar-refractivity contribution is 0.0793. The lowest BCUT2D eigenvalue weighted by Crippen LogP contribution is -2.26. The molecular formula is C21H22O6. The SMILES string of the molecule is COc1ccc(C(=O)C(C)C(C)C(=O)c2ccc3c(c2)OCO3)cc1OC. The predicted octanol–water partition coefficient (Wildman–Crippen LogP) is 3.77. The fourth-order valence-corrected chi connectivity index (χ4v) is 3.02. The average molecular weight is 370 g/mol. The lowest BCUT2D eigenvalue weighted by atomic mass is 9.83. The second-order valence-electron chi connectivity index (χ2n) is 6.44. The van der Waals surface area contributed by atoms with Gasteiger partial charge in [0.2, 0.25) is 6.79 Å². The first-order chi connectivity index (χ1) is 13.0. The summed E-state index contributed by atoms with van der Waals surface area (Å²) in [4.78, 5) is 25.7. The van der Waals surface area contributed by atoms with Crippen LogP contribution in [0.4, 0.5) is 0 Å². The smallest absolute Gasteiger partial charge is 0.231 e. The predicted molar refractivity (Wildman–Crippen MR) is 99.1 cm³/mol. The fourth-order valence-electron chi connectivity index (χ4n) is 3.02. The van der Waals surface area contributed by atoms with Gasteiger partial charge in [0.1, 0.15) is 0 Å². The number of hydrogen-bond acceptors (Lipinski definition) is 6. The molecule has 6 heteroatoms. The Morgan fingerprint density at radius 3 is 2.00 bits per heavy atom. The monoisotopic (exact) mass is 370 g/mol. The van der Waals surface area contributed by atoms with E-state index in [-0.39, 0.29) is 18.4 Å². The van der Waals surface area contributed by atoms with Gasteiger partial charge in [-0.3, -0.25) is 9.59 Å². The van der Waals surface area contributed by atoms with Gasteiger partial charge < -0.3 is 18.9 Å². The largest absolute Gasteiger partial charge is 0.493 e. The molecule has 3 rings (SSSR count). The van der Waals surface area contributed by atoms with Gasteiger partial charge in [0.15, 0.2) is 34.6 Å². The van der Waals surface area contributed by atoms with Crippen LogP contribution in [0.2, 0.25) is 0 Å². The van der Waals surface area contributed by atoms with E-state index in [2.05, 4.69) is 0 Å². The minimum Gasteiger partial charge on any atom is -0.493 e. The standard InChI is InChI=1S/C21H22O6/c1-12(20(22)14-5-7-16(24-3)18(9-14)25-4)13(2)21(23)15-6-8-17-19(10-15)27-11-26-17/h5-10,12-13H,11H2,1-4H3. The third kappa shape index (κ3) is 3.60. The first kappa shape index (κ1) is 18.8. The highest BCUT2D eigenvalue weighted by molar-refractivity contribution is 6.05. The van der Waals surface area contributed by atoms with Crippen molar-refractivity contribution in [3.63, 3.8) is 0 Å². The summed E-state index contributed by atoms with van der Waals surface area (Å²) in [5.74, 6) is 0.955. The van der Waals surface area contributed by atoms with Gasteiger partial charge in [0.05, 0.1) is 14.2 Å². The third-order valence-electron chi connectivity index (χ3n) is 4.90. The number of hydrogen-bond donors (Lipinski definition) is 0. The number of fused-ring (bicyclic) bond motifs is 1. The van der Waals surface area contributed by atoms with Gasteiger partial charge in [-0.25, -0.2) is 0 Å². The molecule has 2 atom stereocenters. The van der Waals surface area contributed by atoms with Gasteiger partial charge in [0, 0.05) is 23.0 Å². The van der Waals surface area contributed by atoms with E-state index in [0.29, 0.717) is 34.1 Å². The molecule has 0 bridgehead atoms. The van der Waals surface area contributed by atoms with Crippen LogP contribution in [-0.4, -0.2) is 32.6 Å². The van der Waals surface area contributed by atoms with Crippen LogP contribution in [0.15, 0.2) is 36.4 Å². The van der Waals surface area contributed by atoms with Gasteiger partial charge in [0.25, 0.3) is 0 Å². The first-order valence-electron chi connectivity index (χ1n) is 8.66. The molecule has 1 aliphatic heterocycles. The minimum atomic E-state index is -0.499. The number of carbonyl (C=O) groups is 2. The summed E-state index contributed by atoms with van der Waals surface area (Å²) in [5, 5.41) is 0. The van der Waals surface area contributed by atoms with Crippen LogP contribution in [0.5, 0.6) is 23.0 Å². The van der Waals surface area contributed by atoms with Crippen LogP contribution >= 0.6 is 0 Å². The molecule has 0 radical (unpaired) electrons. The van der Waals surface area contributed by atoms with Crippen LogP contribution in [0.1, 0.15) is 34.6 Å². The normalized spacial score (nSPS) is 14.4. The molecule has 2 unspecified atom stereocenters. The lowest BCUT2D eigenvalue weighted by Gasteiger charge is -2.19. The molecular weight excluding hydrogens is 348 g/mol. The molecule has 2 aromatic rings. The molecule has 142 valence electrons. The third-order valence-corrected chi connectivity index (χ3v) is 4.90. The Morgan fingerprint density at radius 2 is 1.37 bits per heavy atom. The van der Waals surface area contributed by atoms with Crippen molar-refractivity contribution in [1.29, 1.82) is 0 Å². The van der Waals surface area contributed by atoms with Crippen LogP contribution in [0, 0.1) is 11.8 Å². The maximum Gasteiger partial charge on any atom is 0.231 e. The van der Waals surface area contributed by atoms with Crippen LogP contribution in [0.25, 0.3) is 0 Å². The van der Waals surface area contributed by atoms with Crippen molar-refractivity contribution in [2.75, 3.05) is 21.0 Å². The van der Waals surface area contributed by atoms with Gasteiger partial charge in [-0.15, -0.1) is 0 Å². The number of rotatable bonds is 7. The molecule has 0 amide bonds. The number of methoxy groups -OCH3 is 2. The molecule has 6 nitrogen and oxygen atoms in total. The highest BCUT2D eigenvalue weighted by atomic mass is 16.7. The zero-order valence-electron chi connectivity index (χ0n) is 15.8. The van der Waals surface area contributed by atoms with Crippen molar-refractivity contribution in [3.05, 3.63) is 47.5 Å². The molecule has 0 aliphatic carbocycles. The number of carbonyl (C=O) groups excluding carboxylic acids is 2. The molecule has 0 spiro atoms. The number of benzene rings is 2. The Balaban J connectivity index is 1.79. The quantitative estimate of drug-likeness (QED) is 0.691. The summed E-state index contributed by atoms with van der Waals surface area (Å²) in [5.41, 5.74) is 0.976. The highest BCUT2D eigenvalue weighted by Gasteiger charge is 2.29. The van der Waals surface area contributed by atoms with Crippen molar-refractivity contribution >= 4 is 11.6 Å². The second kappa shape index (κ2) is 7.70. The van der Waals surface area contributed by atoms with E-state index in [9.17, 15) is 9.59 Å². The zero-order valence-corrected chi connectivity index (χ0v) is 15.8. The molecule has 1 aliphatic rings. The first-order valence-corrected chi connectivity index (χ1v) is 8.66. The summed E-state index contributed by atoms with van der Waals surface area (Å²) in [6, 6.07) is 10.1. The topological polar surface area (TPSA) is 71.1 Å². The molecule has 0 saturated heterocycles. The summed E-state index contributed by atoms with van der Waals surface area (Å²) in [6.45, 7) is 3.67. The van der Waals surface area contributed by atoms with E-state index in [1.54, 1.807) is 50.2 Å². The summed E-state index contributed by atoms with van der Waals surface area (Å²) >= 11 is 0. The molecule has 0 saturated carbocycles. The minimum absolute atomic E-state index is 0.116. The van der Waals surface area contributed by atoms with Gasteiger partial charge in [-0.05, 0) is 36.4 Å². The molecule has 27 heavy (non-hydrogen) atoms. The molecule has 0 fully saturated rings. The molecule has 0 aromatic heterocycles. The maximum atomic E-state index is 12.9. The molecule has 1 heterocycles. The van der Waals surface area contributed by atoms with Gasteiger partial charge in [-0.2, -0.15) is 0 Å². The Bertz CT molecular complexity index is 873. The van der Waals surface area contributed by atoms with E-state index >= 15 is 0 Å². The van der Waals surface area contributed by atoms with E-state index < -0.39 is 11.8 Å². The molecule has 0 N–H and O–H groups in total. The van der Waals surface area contributed by atoms with E-state index in [1.165, 1.54) is 14.2 Å². The van der Waals surface area contributed by atoms with Crippen molar-refractivity contribution in [3.8, 4) is 23.0 Å². The maximum absolute atomic E-state index is 12.9. The Morgan fingerprint density at radius 1 is 0.815 bits per heavy atom. The van der Waals surface area contributed by atoms with Crippen molar-refractivity contribution in [2.24, 2.45) is 11.8 Å². The van der Waals surface area contributed by atoms with E-state index in [1.807, 2.05) is 0 Å². The van der Waals surface area contributed by atoms with Crippen LogP contribution < -0.4 is 18.9 Å². The zero-order chi connectivity index (χ0) is 19.6. The number of ether oxygens (including phenoxy) is 4. The Hall–Kier alpha value is -3.02. The number of Topliss-reactive ketones (excluding diaryl/α,β-unsaturated/α-hetero) is 2. The highest BCUT2D eigenvalue weighted by Crippen LogP contribution is 2.34. The summed E-state index contributed by atoms with van der Waals surface area (Å²) in [6.07, 6.45) is 0. The van der Waals surface area contributed by atoms with Crippen molar-refractivity contribution in [1.82, 2.24) is 0 Å². The van der Waals surface area contributed by atoms with Crippen molar-refractivity contribution < 1.29 is 28.5 Å². The van der Waals surface area contributed by atoms with Crippen LogP contribution in [-0.2, 0) is 0 Å². The fraction of sp³-hybridized carbons (Fsp3) is 0.333. The van der Waals surface area contributed by atoms with Crippen molar-refractivity contribution in [2.45, 2.75) is 13.8 Å². The van der Waals surface area contributed by atoms with Gasteiger partial charge in [-0.1, -0.05) is 13.8 Å². The molecule has 2 aromatic carbocycles. The Labute approximate surface area is 158 Å². The second-order valence-corrected chi connectivity index (χ2v) is 6.44. The van der Waals surface area contributed by atoms with Gasteiger partial charge >= 0.3 is 0 Å². The summed E-state index contributed by atoms with van der Waals surface area (Å²) < 4.78 is 21.1.